The van der Waals surface area contributed by atoms with Crippen molar-refractivity contribution in [2.45, 2.75) is 335 Å². The smallest absolute Gasteiger partial charge is 0.306 e. The lowest BCUT2D eigenvalue weighted by atomic mass is 10.0. The van der Waals surface area contributed by atoms with E-state index in [1.807, 2.05) is 0 Å². The Hall–Kier alpha value is -2.37. The highest BCUT2D eigenvalue weighted by atomic mass is 16.6. The molecule has 0 aliphatic rings. The van der Waals surface area contributed by atoms with Crippen LogP contribution in [0.4, 0.5) is 0 Å². The van der Waals surface area contributed by atoms with Gasteiger partial charge < -0.3 is 14.2 Å². The highest BCUT2D eigenvalue weighted by Gasteiger charge is 2.19. The number of ether oxygens (including phenoxy) is 3. The highest BCUT2D eigenvalue weighted by molar-refractivity contribution is 5.71. The van der Waals surface area contributed by atoms with Gasteiger partial charge in [0.25, 0.3) is 0 Å². The number of rotatable bonds is 56. The lowest BCUT2D eigenvalue weighted by Gasteiger charge is -2.18. The number of carbonyl (C=O) groups is 3. The topological polar surface area (TPSA) is 78.9 Å². The van der Waals surface area contributed by atoms with Crippen molar-refractivity contribution < 1.29 is 28.6 Å². The molecule has 0 aliphatic heterocycles. The maximum absolute atomic E-state index is 12.8. The van der Waals surface area contributed by atoms with E-state index >= 15 is 0 Å². The maximum Gasteiger partial charge on any atom is 0.306 e. The fourth-order valence-corrected chi connectivity index (χ4v) is 8.97. The second-order valence-electron chi connectivity index (χ2n) is 20.6. The molecule has 1 unspecified atom stereocenters. The molecule has 6 nitrogen and oxygen atoms in total. The summed E-state index contributed by atoms with van der Waals surface area (Å²) in [6.07, 6.45) is 70.2. The molecule has 0 aromatic heterocycles. The van der Waals surface area contributed by atoms with Crippen LogP contribution < -0.4 is 0 Å². The Balaban J connectivity index is 4.16. The van der Waals surface area contributed by atoms with E-state index in [0.717, 1.165) is 89.9 Å². The SMILES string of the molecule is CCCC/C=C\C/C=C\CCCCCCCC(=O)OC(COC(=O)CCCCCCC/C=C\CCCC)COC(=O)CCCCCCCCCCCCCCCCCCCCCCCCCCCC. The van der Waals surface area contributed by atoms with Crippen LogP contribution in [0, 0.1) is 0 Å². The molecule has 6 heteroatoms. The molecule has 0 fully saturated rings. The summed E-state index contributed by atoms with van der Waals surface area (Å²) >= 11 is 0. The Bertz CT molecular complexity index is 1160. The summed E-state index contributed by atoms with van der Waals surface area (Å²) in [5, 5.41) is 0. The van der Waals surface area contributed by atoms with Crippen molar-refractivity contribution in [1.29, 1.82) is 0 Å². The first-order valence-corrected chi connectivity index (χ1v) is 30.5. The van der Waals surface area contributed by atoms with Crippen LogP contribution in [0.5, 0.6) is 0 Å². The molecule has 1 atom stereocenters. The van der Waals surface area contributed by atoms with Gasteiger partial charge in [0.2, 0.25) is 0 Å². The van der Waals surface area contributed by atoms with Crippen LogP contribution in [-0.2, 0) is 28.6 Å². The average molecular weight is 970 g/mol. The molecular weight excluding hydrogens is 853 g/mol. The van der Waals surface area contributed by atoms with Gasteiger partial charge in [0.05, 0.1) is 0 Å². The molecule has 0 amide bonds. The average Bonchev–Trinajstić information content (AvgIpc) is 3.35. The quantitative estimate of drug-likeness (QED) is 0.0261. The molecule has 0 saturated heterocycles. The predicted octanol–water partition coefficient (Wildman–Crippen LogP) is 20.4. The third kappa shape index (κ3) is 56.4. The van der Waals surface area contributed by atoms with Crippen LogP contribution in [0.2, 0.25) is 0 Å². The first-order chi connectivity index (χ1) is 34.0. The number of carbonyl (C=O) groups excluding carboxylic acids is 3. The zero-order valence-electron chi connectivity index (χ0n) is 46.3. The van der Waals surface area contributed by atoms with Crippen molar-refractivity contribution in [1.82, 2.24) is 0 Å². The summed E-state index contributed by atoms with van der Waals surface area (Å²) in [6, 6.07) is 0. The molecule has 69 heavy (non-hydrogen) atoms. The van der Waals surface area contributed by atoms with Gasteiger partial charge >= 0.3 is 17.9 Å². The van der Waals surface area contributed by atoms with Crippen LogP contribution in [0.25, 0.3) is 0 Å². The molecule has 0 radical (unpaired) electrons. The van der Waals surface area contributed by atoms with Crippen molar-refractivity contribution >= 4 is 17.9 Å². The van der Waals surface area contributed by atoms with Crippen molar-refractivity contribution in [3.63, 3.8) is 0 Å². The summed E-state index contributed by atoms with van der Waals surface area (Å²) in [5.74, 6) is -0.885. The minimum Gasteiger partial charge on any atom is -0.462 e. The van der Waals surface area contributed by atoms with Crippen molar-refractivity contribution in [3.05, 3.63) is 36.5 Å². The first-order valence-electron chi connectivity index (χ1n) is 30.5. The van der Waals surface area contributed by atoms with E-state index in [0.29, 0.717) is 19.3 Å². The van der Waals surface area contributed by atoms with Gasteiger partial charge in [-0.1, -0.05) is 282 Å². The molecular formula is C63H116O6. The molecule has 0 saturated carbocycles. The molecule has 0 bridgehead atoms. The van der Waals surface area contributed by atoms with Crippen LogP contribution in [0.15, 0.2) is 36.5 Å². The fourth-order valence-electron chi connectivity index (χ4n) is 8.97. The third-order valence-corrected chi connectivity index (χ3v) is 13.6. The summed E-state index contributed by atoms with van der Waals surface area (Å²) in [5.41, 5.74) is 0. The Kier molecular flexibility index (Phi) is 56.2. The summed E-state index contributed by atoms with van der Waals surface area (Å²) in [6.45, 7) is 6.59. The molecule has 0 spiro atoms. The number of hydrogen-bond donors (Lipinski definition) is 0. The van der Waals surface area contributed by atoms with Gasteiger partial charge in [-0.05, 0) is 64.2 Å². The van der Waals surface area contributed by atoms with Crippen LogP contribution in [-0.4, -0.2) is 37.2 Å². The van der Waals surface area contributed by atoms with Gasteiger partial charge in [-0.25, -0.2) is 0 Å². The molecule has 0 N–H and O–H groups in total. The van der Waals surface area contributed by atoms with Crippen LogP contribution in [0.3, 0.4) is 0 Å². The highest BCUT2D eigenvalue weighted by Crippen LogP contribution is 2.17. The van der Waals surface area contributed by atoms with Gasteiger partial charge in [-0.2, -0.15) is 0 Å². The Morgan fingerprint density at radius 3 is 0.855 bits per heavy atom. The van der Waals surface area contributed by atoms with Crippen LogP contribution >= 0.6 is 0 Å². The van der Waals surface area contributed by atoms with E-state index in [1.54, 1.807) is 0 Å². The minimum absolute atomic E-state index is 0.0771. The largest absolute Gasteiger partial charge is 0.462 e. The van der Waals surface area contributed by atoms with E-state index in [2.05, 4.69) is 57.2 Å². The second kappa shape index (κ2) is 58.2. The standard InChI is InChI=1S/C63H116O6/c1-4-7-10-13-16-19-22-24-26-27-28-29-30-31-32-33-34-35-36-37-39-41-44-47-50-53-56-62(65)68-59-60(58-67-61(64)55-52-49-46-43-40-21-18-15-12-9-6-3)69-63(66)57-54-51-48-45-42-38-25-23-20-17-14-11-8-5-2/h14-15,17-18,23,25,60H,4-13,16,19-22,24,26-59H2,1-3H3/b17-14-,18-15-,25-23-. The summed E-state index contributed by atoms with van der Waals surface area (Å²) in [7, 11) is 0. The third-order valence-electron chi connectivity index (χ3n) is 13.6. The predicted molar refractivity (Wildman–Crippen MR) is 298 cm³/mol. The fraction of sp³-hybridized carbons (Fsp3) is 0.857. The summed E-state index contributed by atoms with van der Waals surface area (Å²) < 4.78 is 16.8. The number of hydrogen-bond acceptors (Lipinski definition) is 6. The van der Waals surface area contributed by atoms with E-state index in [-0.39, 0.29) is 31.1 Å². The zero-order valence-corrected chi connectivity index (χ0v) is 46.3. The van der Waals surface area contributed by atoms with Crippen molar-refractivity contribution in [2.75, 3.05) is 13.2 Å². The number of esters is 3. The van der Waals surface area contributed by atoms with Gasteiger partial charge in [-0.3, -0.25) is 14.4 Å². The molecule has 0 rings (SSSR count). The Morgan fingerprint density at radius 1 is 0.290 bits per heavy atom. The van der Waals surface area contributed by atoms with Crippen molar-refractivity contribution in [3.8, 4) is 0 Å². The monoisotopic (exact) mass is 969 g/mol. The van der Waals surface area contributed by atoms with Gasteiger partial charge in [-0.15, -0.1) is 0 Å². The molecule has 0 aliphatic carbocycles. The Morgan fingerprint density at radius 2 is 0.536 bits per heavy atom. The lowest BCUT2D eigenvalue weighted by Crippen LogP contribution is -2.30. The maximum atomic E-state index is 12.8. The lowest BCUT2D eigenvalue weighted by molar-refractivity contribution is -0.167. The van der Waals surface area contributed by atoms with Gasteiger partial charge in [0.15, 0.2) is 6.10 Å². The summed E-state index contributed by atoms with van der Waals surface area (Å²) in [4.78, 5) is 38.1. The van der Waals surface area contributed by atoms with Crippen LogP contribution in [0.1, 0.15) is 329 Å². The number of unbranched alkanes of at least 4 members (excludes halogenated alkanes) is 39. The molecule has 0 aromatic carbocycles. The van der Waals surface area contributed by atoms with E-state index in [1.165, 1.54) is 199 Å². The van der Waals surface area contributed by atoms with E-state index in [4.69, 9.17) is 14.2 Å². The zero-order chi connectivity index (χ0) is 50.0. The second-order valence-corrected chi connectivity index (χ2v) is 20.6. The minimum atomic E-state index is -0.780. The molecule has 0 aromatic rings. The Labute approximate surface area is 429 Å². The van der Waals surface area contributed by atoms with Gasteiger partial charge in [0, 0.05) is 19.3 Å². The molecule has 0 heterocycles. The first kappa shape index (κ1) is 66.6. The van der Waals surface area contributed by atoms with E-state index in [9.17, 15) is 14.4 Å². The normalized spacial score (nSPS) is 12.2. The molecule has 404 valence electrons. The van der Waals surface area contributed by atoms with Gasteiger partial charge in [0.1, 0.15) is 13.2 Å². The van der Waals surface area contributed by atoms with Crippen molar-refractivity contribution in [2.24, 2.45) is 0 Å². The number of allylic oxidation sites excluding steroid dienone is 6. The van der Waals surface area contributed by atoms with E-state index < -0.39 is 6.10 Å².